The topological polar surface area (TPSA) is 116 Å². The third-order valence-corrected chi connectivity index (χ3v) is 5.25. The number of hydrogen-bond donors (Lipinski definition) is 3. The maximum Gasteiger partial charge on any atom is 0.407 e. The van der Waals surface area contributed by atoms with Crippen molar-refractivity contribution in [1.82, 2.24) is 10.3 Å². The third kappa shape index (κ3) is 7.64. The van der Waals surface area contributed by atoms with Crippen LogP contribution in [0, 0.1) is 11.6 Å². The number of pyridine rings is 1. The maximum absolute atomic E-state index is 14.3. The summed E-state index contributed by atoms with van der Waals surface area (Å²) in [6.07, 6.45) is 1.03. The fraction of sp³-hybridized carbons (Fsp3) is 0.321. The number of benzene rings is 2. The van der Waals surface area contributed by atoms with Gasteiger partial charge in [0.25, 0.3) is 0 Å². The van der Waals surface area contributed by atoms with Gasteiger partial charge in [0.05, 0.1) is 12.2 Å². The number of ether oxygens (including phenoxy) is 2. The molecule has 3 aromatic rings. The van der Waals surface area contributed by atoms with Crippen LogP contribution in [0.15, 0.2) is 48.5 Å². The monoisotopic (exact) mass is 526 g/mol. The molecule has 4 N–H and O–H groups in total. The lowest BCUT2D eigenvalue weighted by molar-refractivity contribution is 0.0523. The predicted molar refractivity (Wildman–Crippen MR) is 142 cm³/mol. The summed E-state index contributed by atoms with van der Waals surface area (Å²) in [5.41, 5.74) is 6.07. The Morgan fingerprint density at radius 2 is 1.68 bits per heavy atom. The quantitative estimate of drug-likeness (QED) is 0.215. The molecule has 2 aromatic carbocycles. The molecule has 0 aliphatic rings. The maximum atomic E-state index is 14.3. The van der Waals surface area contributed by atoms with Crippen LogP contribution in [0.3, 0.4) is 0 Å². The molecule has 0 aliphatic heterocycles. The number of aromatic nitrogens is 1. The molecule has 0 fully saturated rings. The molecule has 8 nitrogen and oxygen atoms in total. The van der Waals surface area contributed by atoms with Crippen molar-refractivity contribution in [2.75, 3.05) is 17.7 Å². The lowest BCUT2D eigenvalue weighted by atomic mass is 10.0. The molecular weight excluding hydrogens is 494 g/mol. The van der Waals surface area contributed by atoms with Gasteiger partial charge >= 0.3 is 6.09 Å². The van der Waals surface area contributed by atoms with Gasteiger partial charge in [0.15, 0.2) is 0 Å². The summed E-state index contributed by atoms with van der Waals surface area (Å²) >= 11 is 0. The average Bonchev–Trinajstić information content (AvgIpc) is 2.82. The van der Waals surface area contributed by atoms with E-state index in [1.165, 1.54) is 12.1 Å². The van der Waals surface area contributed by atoms with Crippen LogP contribution in [0.5, 0.6) is 5.75 Å². The molecular formula is C28H32F2N4O4. The fourth-order valence-electron chi connectivity index (χ4n) is 3.46. The van der Waals surface area contributed by atoms with E-state index in [9.17, 15) is 18.4 Å². The van der Waals surface area contributed by atoms with Crippen molar-refractivity contribution in [3.63, 3.8) is 0 Å². The molecule has 1 aromatic heterocycles. The first kappa shape index (κ1) is 28.4. The summed E-state index contributed by atoms with van der Waals surface area (Å²) in [7, 11) is 0. The molecule has 0 spiro atoms. The zero-order valence-corrected chi connectivity index (χ0v) is 21.9. The van der Waals surface area contributed by atoms with Crippen molar-refractivity contribution in [2.24, 2.45) is 0 Å². The number of alkyl carbamates (subject to hydrolysis) is 1. The zero-order valence-electron chi connectivity index (χ0n) is 21.9. The number of halogens is 2. The van der Waals surface area contributed by atoms with Gasteiger partial charge < -0.3 is 25.8 Å². The number of ketones is 1. The second kappa shape index (κ2) is 12.4. The van der Waals surface area contributed by atoms with Crippen LogP contribution < -0.4 is 21.1 Å². The van der Waals surface area contributed by atoms with Crippen LogP contribution in [-0.4, -0.2) is 29.1 Å². The lowest BCUT2D eigenvalue weighted by Gasteiger charge is -2.19. The van der Waals surface area contributed by atoms with Crippen molar-refractivity contribution >= 4 is 29.2 Å². The summed E-state index contributed by atoms with van der Waals surface area (Å²) in [6.45, 7) is 7.89. The Hall–Kier alpha value is -4.21. The largest absolute Gasteiger partial charge is 0.493 e. The highest BCUT2D eigenvalue weighted by molar-refractivity contribution is 6.14. The average molecular weight is 527 g/mol. The Kier molecular flexibility index (Phi) is 9.22. The van der Waals surface area contributed by atoms with Gasteiger partial charge in [-0.15, -0.1) is 0 Å². The number of nitrogens with zero attached hydrogens (tertiary/aromatic N) is 1. The molecule has 1 heterocycles. The van der Waals surface area contributed by atoms with Crippen molar-refractivity contribution in [3.8, 4) is 5.75 Å². The first-order valence-corrected chi connectivity index (χ1v) is 12.2. The number of nitrogens with two attached hydrogens (primary N) is 1. The van der Waals surface area contributed by atoms with E-state index in [2.05, 4.69) is 15.6 Å². The van der Waals surface area contributed by atoms with Crippen molar-refractivity contribution in [2.45, 2.75) is 52.7 Å². The second-order valence-corrected chi connectivity index (χ2v) is 9.57. The standard InChI is InChI=1S/C28H32F2N4O4/c1-5-6-14-37-21-15-22(34-26(31)24(21)25(35)23-19(29)8-7-9-20(23)30)33-18-12-10-17(11-13-18)16-32-27(36)38-28(2,3)4/h7-13,15H,5-6,14,16H2,1-4H3,(H,32,36)(H3,31,33,34). The highest BCUT2D eigenvalue weighted by Gasteiger charge is 2.26. The van der Waals surface area contributed by atoms with Crippen LogP contribution >= 0.6 is 0 Å². The molecule has 0 atom stereocenters. The summed E-state index contributed by atoms with van der Waals surface area (Å²) < 4.78 is 39.7. The minimum Gasteiger partial charge on any atom is -0.493 e. The molecule has 1 amide bonds. The van der Waals surface area contributed by atoms with Crippen molar-refractivity contribution in [1.29, 1.82) is 0 Å². The van der Waals surface area contributed by atoms with E-state index in [-0.39, 0.29) is 36.1 Å². The summed E-state index contributed by atoms with van der Waals surface area (Å²) in [6, 6.07) is 11.8. The number of nitrogens with one attached hydrogen (secondary N) is 2. The molecule has 3 rings (SSSR count). The van der Waals surface area contributed by atoms with Crippen LogP contribution in [0.25, 0.3) is 0 Å². The molecule has 0 saturated carbocycles. The molecule has 0 aliphatic carbocycles. The highest BCUT2D eigenvalue weighted by Crippen LogP contribution is 2.32. The van der Waals surface area contributed by atoms with Gasteiger partial charge in [-0.05, 0) is 57.0 Å². The first-order chi connectivity index (χ1) is 18.0. The van der Waals surface area contributed by atoms with Gasteiger partial charge in [-0.1, -0.05) is 31.5 Å². The Bertz CT molecular complexity index is 1270. The van der Waals surface area contributed by atoms with Gasteiger partial charge in [-0.3, -0.25) is 4.79 Å². The van der Waals surface area contributed by atoms with Gasteiger partial charge in [-0.25, -0.2) is 18.6 Å². The van der Waals surface area contributed by atoms with Crippen LogP contribution in [0.2, 0.25) is 0 Å². The minimum absolute atomic E-state index is 0.0688. The molecule has 202 valence electrons. The van der Waals surface area contributed by atoms with Gasteiger partial charge in [0, 0.05) is 18.3 Å². The van der Waals surface area contributed by atoms with Gasteiger partial charge in [-0.2, -0.15) is 0 Å². The predicted octanol–water partition coefficient (Wildman–Crippen LogP) is 6.12. The van der Waals surface area contributed by atoms with Crippen molar-refractivity contribution < 1.29 is 27.8 Å². The number of hydrogen-bond acceptors (Lipinski definition) is 7. The molecule has 0 saturated heterocycles. The van der Waals surface area contributed by atoms with E-state index >= 15 is 0 Å². The highest BCUT2D eigenvalue weighted by atomic mass is 19.1. The van der Waals surface area contributed by atoms with Crippen LogP contribution in [0.4, 0.5) is 30.9 Å². The number of unbranched alkanes of at least 4 members (excludes halogenated alkanes) is 1. The van der Waals surface area contributed by atoms with E-state index in [0.29, 0.717) is 12.1 Å². The second-order valence-electron chi connectivity index (χ2n) is 9.57. The number of anilines is 3. The van der Waals surface area contributed by atoms with E-state index in [4.69, 9.17) is 15.2 Å². The van der Waals surface area contributed by atoms with E-state index in [1.54, 1.807) is 45.0 Å². The number of amides is 1. The lowest BCUT2D eigenvalue weighted by Crippen LogP contribution is -2.32. The SMILES string of the molecule is CCCCOc1cc(Nc2ccc(CNC(=O)OC(C)(C)C)cc2)nc(N)c1C(=O)c1c(F)cccc1F. The molecule has 10 heteroatoms. The Balaban J connectivity index is 1.81. The Labute approximate surface area is 220 Å². The van der Waals surface area contributed by atoms with Gasteiger partial charge in [0.2, 0.25) is 5.78 Å². The van der Waals surface area contributed by atoms with Crippen LogP contribution in [0.1, 0.15) is 62.0 Å². The third-order valence-electron chi connectivity index (χ3n) is 5.25. The van der Waals surface area contributed by atoms with Gasteiger partial charge in [0.1, 0.15) is 40.2 Å². The van der Waals surface area contributed by atoms with E-state index < -0.39 is 34.7 Å². The smallest absolute Gasteiger partial charge is 0.407 e. The molecule has 38 heavy (non-hydrogen) atoms. The summed E-state index contributed by atoms with van der Waals surface area (Å²) in [5.74, 6) is -2.84. The minimum atomic E-state index is -1.00. The molecule has 0 radical (unpaired) electrons. The normalized spacial score (nSPS) is 11.1. The summed E-state index contributed by atoms with van der Waals surface area (Å²) in [5, 5.41) is 5.77. The first-order valence-electron chi connectivity index (χ1n) is 12.2. The number of carbonyl (C=O) groups is 2. The number of carbonyl (C=O) groups excluding carboxylic acids is 2. The Morgan fingerprint density at radius 1 is 1.03 bits per heavy atom. The van der Waals surface area contributed by atoms with E-state index in [0.717, 1.165) is 24.1 Å². The zero-order chi connectivity index (χ0) is 27.9. The van der Waals surface area contributed by atoms with Crippen LogP contribution in [-0.2, 0) is 11.3 Å². The molecule has 0 bridgehead atoms. The Morgan fingerprint density at radius 3 is 2.29 bits per heavy atom. The van der Waals surface area contributed by atoms with Crippen molar-refractivity contribution in [3.05, 3.63) is 76.9 Å². The molecule has 0 unspecified atom stereocenters. The van der Waals surface area contributed by atoms with E-state index in [1.807, 2.05) is 6.92 Å². The fourth-order valence-corrected chi connectivity index (χ4v) is 3.46. The number of nitrogen functional groups attached to an aromatic ring is 1. The number of rotatable bonds is 10. The summed E-state index contributed by atoms with van der Waals surface area (Å²) in [4.78, 5) is 29.2.